The summed E-state index contributed by atoms with van der Waals surface area (Å²) in [5.41, 5.74) is 5.31. The van der Waals surface area contributed by atoms with Crippen LogP contribution in [0.2, 0.25) is 0 Å². The molecule has 0 atom stereocenters. The molecule has 0 amide bonds. The summed E-state index contributed by atoms with van der Waals surface area (Å²) < 4.78 is 13.4. The first-order valence-corrected chi connectivity index (χ1v) is 10.6. The van der Waals surface area contributed by atoms with Crippen LogP contribution in [0.25, 0.3) is 33.1 Å². The van der Waals surface area contributed by atoms with Crippen LogP contribution >= 0.6 is 0 Å². The van der Waals surface area contributed by atoms with Crippen LogP contribution in [0.4, 0.5) is 6.01 Å². The van der Waals surface area contributed by atoms with Gasteiger partial charge in [0.15, 0.2) is 5.58 Å². The normalized spacial score (nSPS) is 15.3. The maximum absolute atomic E-state index is 5.94. The Labute approximate surface area is 170 Å². The molecule has 1 aliphatic carbocycles. The predicted octanol–water partition coefficient (Wildman–Crippen LogP) is 5.84. The van der Waals surface area contributed by atoms with Crippen LogP contribution in [0.15, 0.2) is 53.1 Å². The number of hydrogen-bond donors (Lipinski definition) is 1. The first-order valence-electron chi connectivity index (χ1n) is 10.6. The SMILES string of the molecule is COCCn1ccc2cc(-c3ccc4oc(NC5CCCCC5)nc4c3)ccc21. The third-order valence-corrected chi connectivity index (χ3v) is 5.96. The van der Waals surface area contributed by atoms with E-state index in [2.05, 4.69) is 52.5 Å². The first-order chi connectivity index (χ1) is 14.3. The van der Waals surface area contributed by atoms with Crippen LogP contribution in [-0.4, -0.2) is 29.3 Å². The average Bonchev–Trinajstić information content (AvgIpc) is 3.35. The predicted molar refractivity (Wildman–Crippen MR) is 117 cm³/mol. The molecule has 1 aliphatic rings. The number of aromatic nitrogens is 2. The van der Waals surface area contributed by atoms with Crippen LogP contribution in [0.1, 0.15) is 32.1 Å². The number of rotatable bonds is 6. The smallest absolute Gasteiger partial charge is 0.295 e. The van der Waals surface area contributed by atoms with Gasteiger partial charge < -0.3 is 19.0 Å². The summed E-state index contributed by atoms with van der Waals surface area (Å²) in [6.07, 6.45) is 8.45. The van der Waals surface area contributed by atoms with E-state index in [0.717, 1.165) is 23.2 Å². The highest BCUT2D eigenvalue weighted by Crippen LogP contribution is 2.30. The molecule has 0 radical (unpaired) electrons. The monoisotopic (exact) mass is 389 g/mol. The topological polar surface area (TPSA) is 52.2 Å². The molecule has 0 bridgehead atoms. The van der Waals surface area contributed by atoms with Gasteiger partial charge in [0.2, 0.25) is 0 Å². The zero-order valence-electron chi connectivity index (χ0n) is 16.9. The van der Waals surface area contributed by atoms with E-state index in [9.17, 15) is 0 Å². The lowest BCUT2D eigenvalue weighted by atomic mass is 9.96. The molecule has 29 heavy (non-hydrogen) atoms. The Bertz CT molecular complexity index is 1120. The highest BCUT2D eigenvalue weighted by Gasteiger charge is 2.16. The third-order valence-electron chi connectivity index (χ3n) is 5.96. The van der Waals surface area contributed by atoms with Crippen molar-refractivity contribution in [2.24, 2.45) is 0 Å². The number of hydrogen-bond acceptors (Lipinski definition) is 4. The third kappa shape index (κ3) is 3.75. The summed E-state index contributed by atoms with van der Waals surface area (Å²) >= 11 is 0. The van der Waals surface area contributed by atoms with E-state index in [1.165, 1.54) is 48.6 Å². The molecular formula is C24H27N3O2. The van der Waals surface area contributed by atoms with E-state index < -0.39 is 0 Å². The Balaban J connectivity index is 1.40. The molecule has 5 heteroatoms. The average molecular weight is 389 g/mol. The number of methoxy groups -OCH3 is 1. The summed E-state index contributed by atoms with van der Waals surface area (Å²) in [4.78, 5) is 4.70. The van der Waals surface area contributed by atoms with Gasteiger partial charge in [0, 0.05) is 36.8 Å². The van der Waals surface area contributed by atoms with Gasteiger partial charge in [-0.15, -0.1) is 0 Å². The Morgan fingerprint density at radius 3 is 2.76 bits per heavy atom. The molecular weight excluding hydrogens is 362 g/mol. The number of benzene rings is 2. The highest BCUT2D eigenvalue weighted by molar-refractivity contribution is 5.88. The lowest BCUT2D eigenvalue weighted by Crippen LogP contribution is -2.22. The second-order valence-electron chi connectivity index (χ2n) is 7.96. The van der Waals surface area contributed by atoms with Crippen molar-refractivity contribution in [2.75, 3.05) is 19.0 Å². The molecule has 150 valence electrons. The Morgan fingerprint density at radius 1 is 1.07 bits per heavy atom. The highest BCUT2D eigenvalue weighted by atomic mass is 16.5. The summed E-state index contributed by atoms with van der Waals surface area (Å²) in [6, 6.07) is 16.1. The lowest BCUT2D eigenvalue weighted by molar-refractivity contribution is 0.188. The molecule has 2 aromatic heterocycles. The quantitative estimate of drug-likeness (QED) is 0.450. The second kappa shape index (κ2) is 7.91. The summed E-state index contributed by atoms with van der Waals surface area (Å²) in [7, 11) is 1.74. The van der Waals surface area contributed by atoms with Gasteiger partial charge in [-0.2, -0.15) is 4.98 Å². The van der Waals surface area contributed by atoms with Crippen molar-refractivity contribution in [1.82, 2.24) is 9.55 Å². The van der Waals surface area contributed by atoms with E-state index in [4.69, 9.17) is 14.1 Å². The lowest BCUT2D eigenvalue weighted by Gasteiger charge is -2.21. The van der Waals surface area contributed by atoms with Crippen molar-refractivity contribution in [1.29, 1.82) is 0 Å². The minimum Gasteiger partial charge on any atom is -0.424 e. The molecule has 1 saturated carbocycles. The zero-order valence-corrected chi connectivity index (χ0v) is 16.9. The number of fused-ring (bicyclic) bond motifs is 2. The van der Waals surface area contributed by atoms with Crippen LogP contribution in [0, 0.1) is 0 Å². The maximum Gasteiger partial charge on any atom is 0.295 e. The number of anilines is 1. The van der Waals surface area contributed by atoms with E-state index in [-0.39, 0.29) is 0 Å². The number of ether oxygens (including phenoxy) is 1. The fourth-order valence-corrected chi connectivity index (χ4v) is 4.35. The molecule has 0 unspecified atom stereocenters. The van der Waals surface area contributed by atoms with Gasteiger partial charge in [0.05, 0.1) is 6.61 Å². The standard InChI is InChI=1S/C24H27N3O2/c1-28-14-13-27-12-11-19-15-17(7-9-22(19)27)18-8-10-23-21(16-18)26-24(29-23)25-20-5-3-2-4-6-20/h7-12,15-16,20H,2-6,13-14H2,1H3,(H,25,26). The molecule has 4 aromatic rings. The van der Waals surface area contributed by atoms with E-state index in [0.29, 0.717) is 18.7 Å². The molecule has 0 saturated heterocycles. The van der Waals surface area contributed by atoms with Crippen molar-refractivity contribution in [3.8, 4) is 11.1 Å². The van der Waals surface area contributed by atoms with Gasteiger partial charge in [-0.25, -0.2) is 0 Å². The van der Waals surface area contributed by atoms with Gasteiger partial charge in [0.25, 0.3) is 6.01 Å². The zero-order chi connectivity index (χ0) is 19.6. The molecule has 5 nitrogen and oxygen atoms in total. The minimum absolute atomic E-state index is 0.487. The number of nitrogens with zero attached hydrogens (tertiary/aromatic N) is 2. The fourth-order valence-electron chi connectivity index (χ4n) is 4.35. The second-order valence-corrected chi connectivity index (χ2v) is 7.96. The first kappa shape index (κ1) is 18.3. The molecule has 0 spiro atoms. The molecule has 0 aliphatic heterocycles. The van der Waals surface area contributed by atoms with Crippen LogP contribution in [0.5, 0.6) is 0 Å². The van der Waals surface area contributed by atoms with E-state index in [1.807, 2.05) is 6.07 Å². The molecule has 1 N–H and O–H groups in total. The van der Waals surface area contributed by atoms with Crippen molar-refractivity contribution >= 4 is 28.0 Å². The van der Waals surface area contributed by atoms with E-state index >= 15 is 0 Å². The maximum atomic E-state index is 5.94. The molecule has 1 fully saturated rings. The Morgan fingerprint density at radius 2 is 1.90 bits per heavy atom. The van der Waals surface area contributed by atoms with Gasteiger partial charge in [-0.3, -0.25) is 0 Å². The van der Waals surface area contributed by atoms with Crippen molar-refractivity contribution in [3.05, 3.63) is 48.7 Å². The summed E-state index contributed by atoms with van der Waals surface area (Å²) in [5, 5.41) is 4.72. The van der Waals surface area contributed by atoms with Gasteiger partial charge >= 0.3 is 0 Å². The minimum atomic E-state index is 0.487. The Hall–Kier alpha value is -2.79. The van der Waals surface area contributed by atoms with Crippen LogP contribution in [0.3, 0.4) is 0 Å². The summed E-state index contributed by atoms with van der Waals surface area (Å²) in [5.74, 6) is 0. The van der Waals surface area contributed by atoms with Crippen molar-refractivity contribution in [3.63, 3.8) is 0 Å². The fraction of sp³-hybridized carbons (Fsp3) is 0.375. The Kier molecular flexibility index (Phi) is 4.98. The van der Waals surface area contributed by atoms with Crippen molar-refractivity contribution in [2.45, 2.75) is 44.7 Å². The molecule has 5 rings (SSSR count). The van der Waals surface area contributed by atoms with E-state index in [1.54, 1.807) is 7.11 Å². The number of oxazole rings is 1. The summed E-state index contributed by atoms with van der Waals surface area (Å²) in [6.45, 7) is 1.58. The number of nitrogens with one attached hydrogen (secondary N) is 1. The van der Waals surface area contributed by atoms with Crippen LogP contribution < -0.4 is 5.32 Å². The van der Waals surface area contributed by atoms with Crippen LogP contribution in [-0.2, 0) is 11.3 Å². The van der Waals surface area contributed by atoms with Gasteiger partial charge in [-0.1, -0.05) is 31.4 Å². The van der Waals surface area contributed by atoms with Gasteiger partial charge in [-0.05, 0) is 54.3 Å². The largest absolute Gasteiger partial charge is 0.424 e. The van der Waals surface area contributed by atoms with Gasteiger partial charge in [0.1, 0.15) is 5.52 Å². The molecule has 2 heterocycles. The molecule has 2 aromatic carbocycles. The van der Waals surface area contributed by atoms with Crippen molar-refractivity contribution < 1.29 is 9.15 Å².